The maximum atomic E-state index is 12.2. The molecule has 2 N–H and O–H groups in total. The monoisotopic (exact) mass is 382 g/mol. The first-order valence-electron chi connectivity index (χ1n) is 9.49. The summed E-state index contributed by atoms with van der Waals surface area (Å²) in [5.74, 6) is 0.701. The van der Waals surface area contributed by atoms with Crippen LogP contribution < -0.4 is 10.6 Å². The minimum absolute atomic E-state index is 0.0314. The topological polar surface area (TPSA) is 73.8 Å². The molecule has 0 saturated carbocycles. The summed E-state index contributed by atoms with van der Waals surface area (Å²) in [4.78, 5) is 4.43. The van der Waals surface area contributed by atoms with E-state index in [1.54, 1.807) is 0 Å². The van der Waals surface area contributed by atoms with Gasteiger partial charge in [-0.1, -0.05) is 44.2 Å². The summed E-state index contributed by atoms with van der Waals surface area (Å²) in [6, 6.07) is 10.6. The van der Waals surface area contributed by atoms with Gasteiger partial charge in [0.2, 0.25) is 10.0 Å². The van der Waals surface area contributed by atoms with Gasteiger partial charge in [0, 0.05) is 25.7 Å². The zero-order valence-electron chi connectivity index (χ0n) is 16.5. The molecule has 0 radical (unpaired) electrons. The molecule has 0 spiro atoms. The van der Waals surface area contributed by atoms with E-state index in [1.807, 2.05) is 26.8 Å². The number of nitrogens with one attached hydrogen (secondary N) is 2. The number of aryl methyl sites for hydroxylation is 1. The molecule has 1 aromatic rings. The van der Waals surface area contributed by atoms with Gasteiger partial charge in [-0.3, -0.25) is 4.99 Å². The van der Waals surface area contributed by atoms with Crippen LogP contribution in [-0.2, 0) is 16.4 Å². The summed E-state index contributed by atoms with van der Waals surface area (Å²) in [7, 11) is -3.24. The van der Waals surface area contributed by atoms with Gasteiger partial charge in [0.1, 0.15) is 0 Å². The molecule has 0 aliphatic heterocycles. The highest BCUT2D eigenvalue weighted by atomic mass is 32.2. The van der Waals surface area contributed by atoms with E-state index in [0.717, 1.165) is 19.4 Å². The zero-order valence-corrected chi connectivity index (χ0v) is 17.3. The van der Waals surface area contributed by atoms with Crippen LogP contribution in [-0.4, -0.2) is 56.7 Å². The van der Waals surface area contributed by atoms with E-state index in [1.165, 1.54) is 9.87 Å². The van der Waals surface area contributed by atoms with Crippen LogP contribution in [0.1, 0.15) is 39.7 Å². The Balaban J connectivity index is 2.54. The first-order valence-corrected chi connectivity index (χ1v) is 11.1. The highest BCUT2D eigenvalue weighted by molar-refractivity contribution is 7.89. The van der Waals surface area contributed by atoms with Crippen molar-refractivity contribution in [2.45, 2.75) is 46.6 Å². The summed E-state index contributed by atoms with van der Waals surface area (Å²) in [5, 5.41) is 6.55. The molecule has 0 saturated heterocycles. The fourth-order valence-electron chi connectivity index (χ4n) is 2.67. The minimum atomic E-state index is -3.24. The third-order valence-electron chi connectivity index (χ3n) is 4.15. The average Bonchev–Trinajstić information content (AvgIpc) is 2.61. The van der Waals surface area contributed by atoms with E-state index in [9.17, 15) is 8.42 Å². The first-order chi connectivity index (χ1) is 12.4. The summed E-state index contributed by atoms with van der Waals surface area (Å²) < 4.78 is 25.9. The van der Waals surface area contributed by atoms with Crippen molar-refractivity contribution in [3.63, 3.8) is 0 Å². The predicted octanol–water partition coefficient (Wildman–Crippen LogP) is 2.23. The van der Waals surface area contributed by atoms with Gasteiger partial charge < -0.3 is 10.6 Å². The Labute approximate surface area is 159 Å². The number of aliphatic imine (C=N–C) groups is 1. The van der Waals surface area contributed by atoms with Gasteiger partial charge in [-0.2, -0.15) is 0 Å². The predicted molar refractivity (Wildman–Crippen MR) is 110 cm³/mol. The lowest BCUT2D eigenvalue weighted by atomic mass is 10.1. The normalized spacial score (nSPS) is 13.7. The molecule has 0 fully saturated rings. The second kappa shape index (κ2) is 11.9. The second-order valence-corrected chi connectivity index (χ2v) is 8.32. The quantitative estimate of drug-likeness (QED) is 0.455. The molecule has 26 heavy (non-hydrogen) atoms. The number of guanidine groups is 1. The van der Waals surface area contributed by atoms with Crippen molar-refractivity contribution in [3.8, 4) is 0 Å². The van der Waals surface area contributed by atoms with Crippen LogP contribution in [0, 0.1) is 0 Å². The van der Waals surface area contributed by atoms with Gasteiger partial charge in [0.05, 0.1) is 12.3 Å². The van der Waals surface area contributed by atoms with Gasteiger partial charge in [-0.25, -0.2) is 12.7 Å². The molecule has 7 heteroatoms. The van der Waals surface area contributed by atoms with Gasteiger partial charge in [-0.15, -0.1) is 0 Å². The number of hydrogen-bond donors (Lipinski definition) is 2. The number of sulfonamides is 1. The van der Waals surface area contributed by atoms with Crippen LogP contribution >= 0.6 is 0 Å². The van der Waals surface area contributed by atoms with Crippen molar-refractivity contribution >= 4 is 16.0 Å². The number of rotatable bonds is 11. The molecule has 148 valence electrons. The van der Waals surface area contributed by atoms with E-state index >= 15 is 0 Å². The summed E-state index contributed by atoms with van der Waals surface area (Å²) >= 11 is 0. The smallest absolute Gasteiger partial charge is 0.215 e. The van der Waals surface area contributed by atoms with Gasteiger partial charge in [-0.05, 0) is 32.3 Å². The molecule has 1 atom stereocenters. The molecule has 0 aliphatic rings. The fourth-order valence-corrected chi connectivity index (χ4v) is 4.04. The van der Waals surface area contributed by atoms with Crippen molar-refractivity contribution in [2.24, 2.45) is 4.99 Å². The Bertz CT molecular complexity index is 628. The van der Waals surface area contributed by atoms with Crippen LogP contribution in [0.25, 0.3) is 0 Å². The standard InChI is InChI=1S/C19H34N4O2S/c1-5-20-19(21-15-16-26(24,25)23(6-2)7-3)22-17(4)13-14-18-11-9-8-10-12-18/h8-12,17H,5-7,13-16H2,1-4H3,(H2,20,21,22). The largest absolute Gasteiger partial charge is 0.357 e. The first kappa shape index (κ1) is 22.4. The van der Waals surface area contributed by atoms with Crippen LogP contribution in [0.3, 0.4) is 0 Å². The van der Waals surface area contributed by atoms with Crippen molar-refractivity contribution in [1.82, 2.24) is 14.9 Å². The van der Waals surface area contributed by atoms with E-state index in [4.69, 9.17) is 0 Å². The average molecular weight is 383 g/mol. The Morgan fingerprint density at radius 2 is 1.81 bits per heavy atom. The molecule has 1 unspecified atom stereocenters. The van der Waals surface area contributed by atoms with E-state index < -0.39 is 10.0 Å². The van der Waals surface area contributed by atoms with E-state index in [0.29, 0.717) is 19.0 Å². The van der Waals surface area contributed by atoms with Crippen molar-refractivity contribution in [2.75, 3.05) is 31.9 Å². The minimum Gasteiger partial charge on any atom is -0.357 e. The molecular weight excluding hydrogens is 348 g/mol. The van der Waals surface area contributed by atoms with Crippen molar-refractivity contribution < 1.29 is 8.42 Å². The lowest BCUT2D eigenvalue weighted by Crippen LogP contribution is -2.43. The maximum Gasteiger partial charge on any atom is 0.215 e. The molecule has 0 aliphatic carbocycles. The summed E-state index contributed by atoms with van der Waals surface area (Å²) in [6.45, 7) is 9.80. The molecule has 6 nitrogen and oxygen atoms in total. The third-order valence-corrected chi connectivity index (χ3v) is 6.16. The van der Waals surface area contributed by atoms with Crippen molar-refractivity contribution in [1.29, 1.82) is 0 Å². The molecular formula is C19H34N4O2S. The number of benzene rings is 1. The Morgan fingerprint density at radius 1 is 1.15 bits per heavy atom. The summed E-state index contributed by atoms with van der Waals surface area (Å²) in [6.07, 6.45) is 1.97. The fraction of sp³-hybridized carbons (Fsp3) is 0.632. The molecule has 1 aromatic carbocycles. The molecule has 0 bridgehead atoms. The van der Waals surface area contributed by atoms with Gasteiger partial charge in [0.25, 0.3) is 0 Å². The van der Waals surface area contributed by atoms with E-state index in [-0.39, 0.29) is 18.3 Å². The van der Waals surface area contributed by atoms with Crippen LogP contribution in [0.4, 0.5) is 0 Å². The Kier molecular flexibility index (Phi) is 10.3. The van der Waals surface area contributed by atoms with Crippen LogP contribution in [0.2, 0.25) is 0 Å². The molecule has 1 rings (SSSR count). The van der Waals surface area contributed by atoms with Crippen molar-refractivity contribution in [3.05, 3.63) is 35.9 Å². The molecule has 0 amide bonds. The Morgan fingerprint density at radius 3 is 2.38 bits per heavy atom. The van der Waals surface area contributed by atoms with E-state index in [2.05, 4.69) is 46.8 Å². The molecule has 0 heterocycles. The summed E-state index contributed by atoms with van der Waals surface area (Å²) in [5.41, 5.74) is 1.31. The maximum absolute atomic E-state index is 12.2. The highest BCUT2D eigenvalue weighted by Gasteiger charge is 2.18. The lowest BCUT2D eigenvalue weighted by molar-refractivity contribution is 0.445. The SMILES string of the molecule is CCNC(=NCCS(=O)(=O)N(CC)CC)NC(C)CCc1ccccc1. The lowest BCUT2D eigenvalue weighted by Gasteiger charge is -2.19. The molecule has 0 aromatic heterocycles. The zero-order chi connectivity index (χ0) is 19.4. The highest BCUT2D eigenvalue weighted by Crippen LogP contribution is 2.05. The third kappa shape index (κ3) is 8.19. The van der Waals surface area contributed by atoms with Gasteiger partial charge >= 0.3 is 0 Å². The van der Waals surface area contributed by atoms with Crippen LogP contribution in [0.15, 0.2) is 35.3 Å². The van der Waals surface area contributed by atoms with Gasteiger partial charge in [0.15, 0.2) is 5.96 Å². The Hall–Kier alpha value is -1.60. The second-order valence-electron chi connectivity index (χ2n) is 6.23. The van der Waals surface area contributed by atoms with Crippen LogP contribution in [0.5, 0.6) is 0 Å². The number of hydrogen-bond acceptors (Lipinski definition) is 3. The number of nitrogens with zero attached hydrogens (tertiary/aromatic N) is 2.